The van der Waals surface area contributed by atoms with Gasteiger partial charge in [0.15, 0.2) is 0 Å². The summed E-state index contributed by atoms with van der Waals surface area (Å²) < 4.78 is 5.23. The van der Waals surface area contributed by atoms with Gasteiger partial charge >= 0.3 is 0 Å². The van der Waals surface area contributed by atoms with Crippen LogP contribution < -0.4 is 0 Å². The molecule has 0 saturated heterocycles. The molecule has 1 rings (SSSR count). The molecular weight excluding hydrogens is 184 g/mol. The standard InChI is InChI=1S/C10H12O.2C2H6/c1-9(2)11-8-10-6-4-3-5-7-10;2*1-2/h3-7H,1,8H2,2H3;2*1-2H3. The van der Waals surface area contributed by atoms with Crippen LogP contribution in [0, 0.1) is 0 Å². The van der Waals surface area contributed by atoms with Crippen LogP contribution >= 0.6 is 0 Å². The molecule has 0 aliphatic rings. The smallest absolute Gasteiger partial charge is 0.113 e. The molecule has 0 aromatic heterocycles. The van der Waals surface area contributed by atoms with Crippen LogP contribution in [-0.2, 0) is 11.3 Å². The summed E-state index contributed by atoms with van der Waals surface area (Å²) >= 11 is 0. The lowest BCUT2D eigenvalue weighted by Gasteiger charge is -2.03. The van der Waals surface area contributed by atoms with E-state index in [1.54, 1.807) is 0 Å². The second kappa shape index (κ2) is 12.8. The van der Waals surface area contributed by atoms with Gasteiger partial charge in [-0.1, -0.05) is 64.6 Å². The summed E-state index contributed by atoms with van der Waals surface area (Å²) in [6.07, 6.45) is 0. The summed E-state index contributed by atoms with van der Waals surface area (Å²) in [7, 11) is 0. The van der Waals surface area contributed by atoms with Crippen LogP contribution in [0.5, 0.6) is 0 Å². The third-order valence-corrected chi connectivity index (χ3v) is 1.33. The van der Waals surface area contributed by atoms with Gasteiger partial charge in [-0.15, -0.1) is 0 Å². The Hall–Kier alpha value is -1.24. The number of benzene rings is 1. The maximum absolute atomic E-state index is 5.23. The van der Waals surface area contributed by atoms with Gasteiger partial charge in [-0.25, -0.2) is 0 Å². The lowest BCUT2D eigenvalue weighted by molar-refractivity contribution is 0.202. The molecule has 0 heterocycles. The van der Waals surface area contributed by atoms with E-state index in [1.165, 1.54) is 5.56 Å². The molecule has 0 aliphatic carbocycles. The van der Waals surface area contributed by atoms with Crippen molar-refractivity contribution in [3.8, 4) is 0 Å². The van der Waals surface area contributed by atoms with Gasteiger partial charge in [-0.05, 0) is 12.5 Å². The average molecular weight is 208 g/mol. The zero-order chi connectivity index (χ0) is 12.1. The van der Waals surface area contributed by atoms with Crippen LogP contribution in [0.15, 0.2) is 42.7 Å². The van der Waals surface area contributed by atoms with Gasteiger partial charge in [0.25, 0.3) is 0 Å². The number of ether oxygens (including phenoxy) is 1. The van der Waals surface area contributed by atoms with Crippen LogP contribution in [0.3, 0.4) is 0 Å². The maximum atomic E-state index is 5.23. The van der Waals surface area contributed by atoms with Gasteiger partial charge in [0, 0.05) is 0 Å². The molecule has 1 heteroatoms. The molecule has 0 N–H and O–H groups in total. The molecule has 15 heavy (non-hydrogen) atoms. The van der Waals surface area contributed by atoms with Gasteiger partial charge in [-0.2, -0.15) is 0 Å². The van der Waals surface area contributed by atoms with E-state index in [0.29, 0.717) is 6.61 Å². The molecule has 0 spiro atoms. The van der Waals surface area contributed by atoms with Gasteiger partial charge in [-0.3, -0.25) is 0 Å². The summed E-state index contributed by atoms with van der Waals surface area (Å²) in [5.74, 6) is 0.758. The normalized spacial score (nSPS) is 7.53. The Labute approximate surface area is 94.8 Å². The van der Waals surface area contributed by atoms with E-state index >= 15 is 0 Å². The van der Waals surface area contributed by atoms with Crippen molar-refractivity contribution < 1.29 is 4.74 Å². The van der Waals surface area contributed by atoms with Gasteiger partial charge in [0.2, 0.25) is 0 Å². The summed E-state index contributed by atoms with van der Waals surface area (Å²) in [6.45, 7) is 14.1. The molecule has 0 bridgehead atoms. The molecule has 0 fully saturated rings. The quantitative estimate of drug-likeness (QED) is 0.649. The van der Waals surface area contributed by atoms with Gasteiger partial charge in [0.1, 0.15) is 6.61 Å². The second-order valence-electron chi connectivity index (χ2n) is 2.48. The zero-order valence-corrected chi connectivity index (χ0v) is 10.7. The van der Waals surface area contributed by atoms with Crippen LogP contribution in [0.1, 0.15) is 40.2 Å². The van der Waals surface area contributed by atoms with E-state index in [0.717, 1.165) is 5.76 Å². The van der Waals surface area contributed by atoms with Crippen molar-refractivity contribution in [2.24, 2.45) is 0 Å². The van der Waals surface area contributed by atoms with Crippen LogP contribution in [0.25, 0.3) is 0 Å². The Morgan fingerprint density at radius 2 is 1.53 bits per heavy atom. The molecule has 0 aliphatic heterocycles. The number of rotatable bonds is 3. The number of allylic oxidation sites excluding steroid dienone is 1. The summed E-state index contributed by atoms with van der Waals surface area (Å²) in [4.78, 5) is 0. The van der Waals surface area contributed by atoms with E-state index in [-0.39, 0.29) is 0 Å². The monoisotopic (exact) mass is 208 g/mol. The predicted octanol–water partition coefficient (Wildman–Crippen LogP) is 4.79. The van der Waals surface area contributed by atoms with E-state index in [9.17, 15) is 0 Å². The molecule has 1 aromatic rings. The molecule has 86 valence electrons. The lowest BCUT2D eigenvalue weighted by atomic mass is 10.2. The first-order chi connectivity index (χ1) is 7.29. The van der Waals surface area contributed by atoms with Crippen LogP contribution in [0.2, 0.25) is 0 Å². The van der Waals surface area contributed by atoms with Crippen molar-refractivity contribution in [3.63, 3.8) is 0 Å². The average Bonchev–Trinajstić information content (AvgIpc) is 2.33. The SMILES string of the molecule is C=C(C)OCc1ccccc1.CC.CC. The maximum Gasteiger partial charge on any atom is 0.113 e. The predicted molar refractivity (Wildman–Crippen MR) is 68.7 cm³/mol. The van der Waals surface area contributed by atoms with Gasteiger partial charge < -0.3 is 4.74 Å². The summed E-state index contributed by atoms with van der Waals surface area (Å²) in [5.41, 5.74) is 1.18. The topological polar surface area (TPSA) is 9.23 Å². The van der Waals surface area contributed by atoms with Crippen molar-refractivity contribution >= 4 is 0 Å². The minimum atomic E-state index is 0.621. The molecule has 1 nitrogen and oxygen atoms in total. The lowest BCUT2D eigenvalue weighted by Crippen LogP contribution is -1.88. The fourth-order valence-corrected chi connectivity index (χ4v) is 0.781. The highest BCUT2D eigenvalue weighted by Crippen LogP contribution is 2.02. The Balaban J connectivity index is 0. The number of hydrogen-bond donors (Lipinski definition) is 0. The minimum Gasteiger partial charge on any atom is -0.494 e. The van der Waals surface area contributed by atoms with E-state index in [1.807, 2.05) is 65.0 Å². The first-order valence-electron chi connectivity index (χ1n) is 5.61. The van der Waals surface area contributed by atoms with Crippen LogP contribution in [-0.4, -0.2) is 0 Å². The van der Waals surface area contributed by atoms with E-state index < -0.39 is 0 Å². The Morgan fingerprint density at radius 3 is 1.93 bits per heavy atom. The van der Waals surface area contributed by atoms with Crippen molar-refractivity contribution in [1.82, 2.24) is 0 Å². The van der Waals surface area contributed by atoms with Crippen molar-refractivity contribution in [2.45, 2.75) is 41.2 Å². The highest BCUT2D eigenvalue weighted by molar-refractivity contribution is 5.13. The largest absolute Gasteiger partial charge is 0.494 e. The van der Waals surface area contributed by atoms with Crippen LogP contribution in [0.4, 0.5) is 0 Å². The molecule has 0 radical (unpaired) electrons. The Morgan fingerprint density at radius 1 is 1.07 bits per heavy atom. The summed E-state index contributed by atoms with van der Waals surface area (Å²) in [5, 5.41) is 0. The third kappa shape index (κ3) is 10.7. The fourth-order valence-electron chi connectivity index (χ4n) is 0.781. The highest BCUT2D eigenvalue weighted by atomic mass is 16.5. The Bertz CT molecular complexity index is 226. The zero-order valence-electron chi connectivity index (χ0n) is 10.7. The molecule has 0 unspecified atom stereocenters. The fraction of sp³-hybridized carbons (Fsp3) is 0.429. The summed E-state index contributed by atoms with van der Waals surface area (Å²) in [6, 6.07) is 10.0. The van der Waals surface area contributed by atoms with E-state index in [2.05, 4.69) is 6.58 Å². The molecular formula is C14H24O. The minimum absolute atomic E-state index is 0.621. The van der Waals surface area contributed by atoms with E-state index in [4.69, 9.17) is 4.74 Å². The molecule has 0 amide bonds. The second-order valence-corrected chi connectivity index (χ2v) is 2.48. The molecule has 0 atom stereocenters. The molecule has 1 aromatic carbocycles. The van der Waals surface area contributed by atoms with Crippen molar-refractivity contribution in [3.05, 3.63) is 48.2 Å². The van der Waals surface area contributed by atoms with Crippen molar-refractivity contribution in [1.29, 1.82) is 0 Å². The first-order valence-corrected chi connectivity index (χ1v) is 5.61. The highest BCUT2D eigenvalue weighted by Gasteiger charge is 1.89. The third-order valence-electron chi connectivity index (χ3n) is 1.33. The number of hydrogen-bond acceptors (Lipinski definition) is 1. The Kier molecular flexibility index (Phi) is 13.8. The first kappa shape index (κ1) is 16.2. The van der Waals surface area contributed by atoms with Gasteiger partial charge in [0.05, 0.1) is 5.76 Å². The molecule has 0 saturated carbocycles. The van der Waals surface area contributed by atoms with Crippen molar-refractivity contribution in [2.75, 3.05) is 0 Å².